The van der Waals surface area contributed by atoms with Crippen LogP contribution in [0.25, 0.3) is 0 Å². The Kier molecular flexibility index (Phi) is 9.15. The standard InChI is InChI=1S/C30H31F3N2O6S/c1-3-16-29(17-15-20-9-6-5-7-10-20)40-27(36)26(28(37)41-29)24(4-2)21-11-8-12-23(18-21)35-42(38,39)25-14-13-22(19-34-25)30(31,32)33/h5-14,18-19,24,35-36H,3-4,15-17H2,1-2H3/t24-,29-/m1/s1. The van der Waals surface area contributed by atoms with Crippen molar-refractivity contribution in [3.8, 4) is 0 Å². The Morgan fingerprint density at radius 1 is 1.00 bits per heavy atom. The summed E-state index contributed by atoms with van der Waals surface area (Å²) < 4.78 is 78.2. The first kappa shape index (κ1) is 30.9. The van der Waals surface area contributed by atoms with E-state index in [1.54, 1.807) is 19.1 Å². The summed E-state index contributed by atoms with van der Waals surface area (Å²) in [5.41, 5.74) is 0.424. The van der Waals surface area contributed by atoms with Gasteiger partial charge in [-0.15, -0.1) is 0 Å². The lowest BCUT2D eigenvalue weighted by atomic mass is 9.88. The molecule has 42 heavy (non-hydrogen) atoms. The number of cyclic esters (lactones) is 1. The number of ether oxygens (including phenoxy) is 2. The van der Waals surface area contributed by atoms with Gasteiger partial charge in [-0.1, -0.05) is 56.3 Å². The van der Waals surface area contributed by atoms with Gasteiger partial charge in [0, 0.05) is 30.6 Å². The molecule has 0 radical (unpaired) electrons. The fourth-order valence-electron chi connectivity index (χ4n) is 4.88. The molecular formula is C30H31F3N2O6S. The van der Waals surface area contributed by atoms with Crippen LogP contribution in [-0.2, 0) is 36.9 Å². The number of nitrogens with zero attached hydrogens (tertiary/aromatic N) is 1. The van der Waals surface area contributed by atoms with Crippen LogP contribution in [-0.4, -0.2) is 30.3 Å². The predicted octanol–water partition coefficient (Wildman–Crippen LogP) is 6.87. The molecule has 4 rings (SSSR count). The topological polar surface area (TPSA) is 115 Å². The minimum absolute atomic E-state index is 0.0843. The third-order valence-corrected chi connectivity index (χ3v) is 8.21. The van der Waals surface area contributed by atoms with Crippen molar-refractivity contribution in [2.24, 2.45) is 0 Å². The van der Waals surface area contributed by atoms with Gasteiger partial charge in [0.2, 0.25) is 0 Å². The average Bonchev–Trinajstić information content (AvgIpc) is 2.94. The van der Waals surface area contributed by atoms with Crippen molar-refractivity contribution in [3.63, 3.8) is 0 Å². The molecule has 2 atom stereocenters. The summed E-state index contributed by atoms with van der Waals surface area (Å²) in [7, 11) is -4.33. The highest BCUT2D eigenvalue weighted by Gasteiger charge is 2.45. The van der Waals surface area contributed by atoms with Crippen molar-refractivity contribution < 1.29 is 41.0 Å². The summed E-state index contributed by atoms with van der Waals surface area (Å²) in [5.74, 6) is -3.31. The number of aromatic nitrogens is 1. The number of alkyl halides is 3. The number of carbonyl (C=O) groups is 1. The lowest BCUT2D eigenvalue weighted by Crippen LogP contribution is -2.43. The van der Waals surface area contributed by atoms with Gasteiger partial charge in [0.15, 0.2) is 5.03 Å². The van der Waals surface area contributed by atoms with Gasteiger partial charge in [0.1, 0.15) is 5.57 Å². The maximum Gasteiger partial charge on any atom is 0.417 e. The number of benzene rings is 2. The second-order valence-electron chi connectivity index (χ2n) is 9.93. The number of rotatable bonds is 11. The number of anilines is 1. The van der Waals surface area contributed by atoms with Crippen molar-refractivity contribution >= 4 is 21.7 Å². The Hall–Kier alpha value is -4.06. The van der Waals surface area contributed by atoms with Gasteiger partial charge in [-0.25, -0.2) is 9.78 Å². The van der Waals surface area contributed by atoms with Gasteiger partial charge < -0.3 is 14.6 Å². The molecule has 224 valence electrons. The molecule has 8 nitrogen and oxygen atoms in total. The highest BCUT2D eigenvalue weighted by Crippen LogP contribution is 2.40. The molecule has 2 N–H and O–H groups in total. The predicted molar refractivity (Wildman–Crippen MR) is 149 cm³/mol. The van der Waals surface area contributed by atoms with Gasteiger partial charge in [0.25, 0.3) is 21.8 Å². The van der Waals surface area contributed by atoms with Gasteiger partial charge in [-0.2, -0.15) is 21.6 Å². The Labute approximate surface area is 242 Å². The smallest absolute Gasteiger partial charge is 0.417 e. The van der Waals surface area contributed by atoms with Gasteiger partial charge in [0.05, 0.1) is 5.56 Å². The molecule has 0 fully saturated rings. The van der Waals surface area contributed by atoms with Crippen molar-refractivity contribution in [1.82, 2.24) is 4.98 Å². The van der Waals surface area contributed by atoms with Crippen molar-refractivity contribution in [3.05, 3.63) is 101 Å². The highest BCUT2D eigenvalue weighted by molar-refractivity contribution is 7.92. The van der Waals surface area contributed by atoms with E-state index in [0.717, 1.165) is 11.6 Å². The fourth-order valence-corrected chi connectivity index (χ4v) is 5.86. The van der Waals surface area contributed by atoms with E-state index in [2.05, 4.69) is 9.71 Å². The van der Waals surface area contributed by atoms with Crippen LogP contribution in [0, 0.1) is 0 Å². The van der Waals surface area contributed by atoms with Gasteiger partial charge in [-0.3, -0.25) is 4.72 Å². The highest BCUT2D eigenvalue weighted by atomic mass is 32.2. The monoisotopic (exact) mass is 604 g/mol. The van der Waals surface area contributed by atoms with Crippen LogP contribution in [0.5, 0.6) is 0 Å². The number of nitrogens with one attached hydrogen (secondary N) is 1. The van der Waals surface area contributed by atoms with E-state index < -0.39 is 50.4 Å². The number of pyridine rings is 1. The van der Waals surface area contributed by atoms with E-state index in [9.17, 15) is 31.5 Å². The Balaban J connectivity index is 1.57. The van der Waals surface area contributed by atoms with Crippen molar-refractivity contribution in [1.29, 1.82) is 0 Å². The maximum absolute atomic E-state index is 13.4. The molecule has 0 aliphatic carbocycles. The van der Waals surface area contributed by atoms with E-state index in [1.807, 2.05) is 37.3 Å². The summed E-state index contributed by atoms with van der Waals surface area (Å²) in [6, 6.07) is 17.1. The molecule has 0 saturated carbocycles. The van der Waals surface area contributed by atoms with Crippen LogP contribution in [0.3, 0.4) is 0 Å². The van der Waals surface area contributed by atoms with Crippen LogP contribution in [0.15, 0.2) is 89.5 Å². The number of aliphatic hydroxyl groups excluding tert-OH is 1. The molecule has 1 aliphatic rings. The van der Waals surface area contributed by atoms with E-state index in [1.165, 1.54) is 12.1 Å². The number of esters is 1. The molecule has 0 saturated heterocycles. The van der Waals surface area contributed by atoms with Crippen LogP contribution in [0.1, 0.15) is 62.1 Å². The summed E-state index contributed by atoms with van der Waals surface area (Å²) in [6.07, 6.45) is -1.98. The van der Waals surface area contributed by atoms with Crippen LogP contribution in [0.2, 0.25) is 0 Å². The van der Waals surface area contributed by atoms with Gasteiger partial charge >= 0.3 is 12.1 Å². The number of carbonyl (C=O) groups excluding carboxylic acids is 1. The molecule has 0 bridgehead atoms. The zero-order valence-electron chi connectivity index (χ0n) is 23.0. The van der Waals surface area contributed by atoms with Crippen LogP contribution >= 0.6 is 0 Å². The zero-order chi connectivity index (χ0) is 30.5. The van der Waals surface area contributed by atoms with E-state index >= 15 is 0 Å². The average molecular weight is 605 g/mol. The molecule has 1 aromatic heterocycles. The Bertz CT molecular complexity index is 1540. The minimum atomic E-state index is -4.66. The van der Waals surface area contributed by atoms with Crippen molar-refractivity contribution in [2.45, 2.75) is 68.9 Å². The number of hydrogen-bond acceptors (Lipinski definition) is 7. The number of hydrogen-bond donors (Lipinski definition) is 2. The second-order valence-corrected chi connectivity index (χ2v) is 11.6. The molecule has 0 unspecified atom stereocenters. The summed E-state index contributed by atoms with van der Waals surface area (Å²) in [4.78, 5) is 16.8. The minimum Gasteiger partial charge on any atom is -0.480 e. The Morgan fingerprint density at radius 3 is 2.33 bits per heavy atom. The number of halogens is 3. The zero-order valence-corrected chi connectivity index (χ0v) is 23.8. The first-order chi connectivity index (χ1) is 19.9. The first-order valence-electron chi connectivity index (χ1n) is 13.4. The summed E-state index contributed by atoms with van der Waals surface area (Å²) in [5, 5.41) is 10.4. The normalized spacial score (nSPS) is 18.3. The molecular weight excluding hydrogens is 573 g/mol. The second kappa shape index (κ2) is 12.4. The van der Waals surface area contributed by atoms with Crippen LogP contribution < -0.4 is 4.72 Å². The molecule has 0 spiro atoms. The summed E-state index contributed by atoms with van der Waals surface area (Å²) >= 11 is 0. The van der Waals surface area contributed by atoms with E-state index in [0.29, 0.717) is 49.9 Å². The van der Waals surface area contributed by atoms with E-state index in [-0.39, 0.29) is 11.3 Å². The number of sulfonamides is 1. The lowest BCUT2D eigenvalue weighted by molar-refractivity contribution is -0.244. The number of aryl methyl sites for hydroxylation is 1. The van der Waals surface area contributed by atoms with E-state index in [4.69, 9.17) is 9.47 Å². The number of aliphatic hydroxyl groups is 1. The third-order valence-electron chi connectivity index (χ3n) is 6.92. The molecule has 0 amide bonds. The third kappa shape index (κ3) is 7.04. The molecule has 1 aliphatic heterocycles. The van der Waals surface area contributed by atoms with Crippen molar-refractivity contribution in [2.75, 3.05) is 4.72 Å². The first-order valence-corrected chi connectivity index (χ1v) is 14.9. The van der Waals surface area contributed by atoms with Gasteiger partial charge in [-0.05, 0) is 54.7 Å². The summed E-state index contributed by atoms with van der Waals surface area (Å²) in [6.45, 7) is 3.70. The SMILES string of the molecule is CCC[C@]1(CCc2ccccc2)OC(=O)C([C@H](CC)c2cccc(NS(=O)(=O)c3ccc(C(F)(F)F)cn3)c2)=C(O)O1. The van der Waals surface area contributed by atoms with Crippen LogP contribution in [0.4, 0.5) is 18.9 Å². The molecule has 12 heteroatoms. The maximum atomic E-state index is 13.4. The fraction of sp³-hybridized carbons (Fsp3) is 0.333. The quantitative estimate of drug-likeness (QED) is 0.230. The molecule has 2 heterocycles. The largest absolute Gasteiger partial charge is 0.480 e. The lowest BCUT2D eigenvalue weighted by Gasteiger charge is -2.38. The molecule has 2 aromatic carbocycles. The molecule has 3 aromatic rings. The Morgan fingerprint density at radius 2 is 1.74 bits per heavy atom.